The molecular weight excluding hydrogens is 693 g/mol. The zero-order valence-electron chi connectivity index (χ0n) is 19.5. The molecule has 0 saturated heterocycles. The molecular formula is C25H14Cl8FN3O3. The van der Waals surface area contributed by atoms with Gasteiger partial charge in [0, 0.05) is 11.6 Å². The van der Waals surface area contributed by atoms with Crippen molar-refractivity contribution in [3.63, 3.8) is 0 Å². The van der Waals surface area contributed by atoms with Crippen LogP contribution >= 0.6 is 92.8 Å². The van der Waals surface area contributed by atoms with Gasteiger partial charge >= 0.3 is 0 Å². The number of carbonyl (C=O) groups excluding carboxylic acids is 3. The van der Waals surface area contributed by atoms with Crippen molar-refractivity contribution in [2.24, 2.45) is 5.92 Å². The Morgan fingerprint density at radius 2 is 1.45 bits per heavy atom. The highest BCUT2D eigenvalue weighted by Crippen LogP contribution is 2.65. The van der Waals surface area contributed by atoms with E-state index < -0.39 is 43.5 Å². The number of rotatable bonds is 6. The largest absolute Gasteiger partial charge is 0.326 e. The van der Waals surface area contributed by atoms with Crippen molar-refractivity contribution in [3.8, 4) is 0 Å². The highest BCUT2D eigenvalue weighted by molar-refractivity contribution is 6.76. The number of alkyl halides is 5. The van der Waals surface area contributed by atoms with Gasteiger partial charge in [-0.25, -0.2) is 4.39 Å². The van der Waals surface area contributed by atoms with E-state index in [9.17, 15) is 18.8 Å². The molecule has 6 nitrogen and oxygen atoms in total. The quantitative estimate of drug-likeness (QED) is 0.224. The third-order valence-electron chi connectivity index (χ3n) is 5.85. The molecule has 15 heteroatoms. The molecule has 1 aliphatic rings. The molecule has 1 saturated carbocycles. The predicted molar refractivity (Wildman–Crippen MR) is 160 cm³/mol. The van der Waals surface area contributed by atoms with Crippen LogP contribution in [0, 0.1) is 11.7 Å². The van der Waals surface area contributed by atoms with Crippen LogP contribution in [-0.2, 0) is 9.59 Å². The smallest absolute Gasteiger partial charge is 0.276 e. The van der Waals surface area contributed by atoms with E-state index >= 15 is 0 Å². The van der Waals surface area contributed by atoms with Gasteiger partial charge in [-0.05, 0) is 54.1 Å². The van der Waals surface area contributed by atoms with Crippen LogP contribution in [0.3, 0.4) is 0 Å². The van der Waals surface area contributed by atoms with Crippen molar-refractivity contribution >= 4 is 128 Å². The van der Waals surface area contributed by atoms with E-state index in [1.54, 1.807) is 18.2 Å². The summed E-state index contributed by atoms with van der Waals surface area (Å²) >= 11 is 47.8. The van der Waals surface area contributed by atoms with E-state index in [2.05, 4.69) is 16.0 Å². The molecule has 0 aromatic heterocycles. The molecule has 2 atom stereocenters. The lowest BCUT2D eigenvalue weighted by Crippen LogP contribution is -2.27. The van der Waals surface area contributed by atoms with Crippen LogP contribution in [-0.4, -0.2) is 25.8 Å². The SMILES string of the molecule is O=C(Nc1ccc(F)cc1NC(=O)C(Cl)(Cl)Cl)c1cc(NC(=O)[C@H]2[C@H](c3ccc(Cl)c(Cl)c3)C2(Cl)Cl)ccc1Cl. The van der Waals surface area contributed by atoms with Gasteiger partial charge in [0.1, 0.15) is 10.2 Å². The minimum atomic E-state index is -2.34. The second kappa shape index (κ2) is 11.9. The van der Waals surface area contributed by atoms with Gasteiger partial charge < -0.3 is 16.0 Å². The maximum Gasteiger partial charge on any atom is 0.276 e. The van der Waals surface area contributed by atoms with Crippen LogP contribution in [0.15, 0.2) is 54.6 Å². The van der Waals surface area contributed by atoms with Gasteiger partial charge in [-0.1, -0.05) is 75.7 Å². The topological polar surface area (TPSA) is 87.3 Å². The van der Waals surface area contributed by atoms with Crippen molar-refractivity contribution in [1.29, 1.82) is 0 Å². The van der Waals surface area contributed by atoms with Crippen molar-refractivity contribution in [2.75, 3.05) is 16.0 Å². The molecule has 0 bridgehead atoms. The first-order valence-corrected chi connectivity index (χ1v) is 14.0. The average molecular weight is 707 g/mol. The maximum atomic E-state index is 13.8. The molecule has 3 N–H and O–H groups in total. The van der Waals surface area contributed by atoms with E-state index in [0.29, 0.717) is 15.6 Å². The number of benzene rings is 3. The number of anilines is 3. The second-order valence-electron chi connectivity index (χ2n) is 8.58. The molecule has 210 valence electrons. The average Bonchev–Trinajstić information content (AvgIpc) is 3.44. The second-order valence-corrected chi connectivity index (χ2v) is 13.5. The van der Waals surface area contributed by atoms with Gasteiger partial charge in [-0.2, -0.15) is 0 Å². The summed E-state index contributed by atoms with van der Waals surface area (Å²) in [4.78, 5) is 38.2. The van der Waals surface area contributed by atoms with E-state index in [0.717, 1.165) is 12.1 Å². The first kappa shape index (κ1) is 31.3. The fraction of sp³-hybridized carbons (Fsp3) is 0.160. The molecule has 0 spiro atoms. The summed E-state index contributed by atoms with van der Waals surface area (Å²) in [7, 11) is 0. The van der Waals surface area contributed by atoms with Crippen LogP contribution in [0.25, 0.3) is 0 Å². The lowest BCUT2D eigenvalue weighted by atomic mass is 10.1. The van der Waals surface area contributed by atoms with Crippen LogP contribution in [0.4, 0.5) is 21.5 Å². The Morgan fingerprint density at radius 1 is 0.775 bits per heavy atom. The van der Waals surface area contributed by atoms with Crippen LogP contribution in [0.2, 0.25) is 15.1 Å². The third kappa shape index (κ3) is 6.85. The van der Waals surface area contributed by atoms with E-state index in [-0.39, 0.29) is 27.6 Å². The van der Waals surface area contributed by atoms with Gasteiger partial charge in [-0.15, -0.1) is 23.2 Å². The van der Waals surface area contributed by atoms with Gasteiger partial charge in [0.2, 0.25) is 5.91 Å². The summed E-state index contributed by atoms with van der Waals surface area (Å²) in [5.41, 5.74) is 0.603. The fourth-order valence-corrected chi connectivity index (χ4v) is 5.36. The Kier molecular flexibility index (Phi) is 9.30. The van der Waals surface area contributed by atoms with Gasteiger partial charge in [0.15, 0.2) is 0 Å². The van der Waals surface area contributed by atoms with Crippen molar-refractivity contribution < 1.29 is 18.8 Å². The summed E-state index contributed by atoms with van der Waals surface area (Å²) in [5.74, 6) is -4.44. The number of nitrogens with one attached hydrogen (secondary N) is 3. The molecule has 3 aromatic carbocycles. The van der Waals surface area contributed by atoms with Crippen molar-refractivity contribution in [3.05, 3.63) is 86.6 Å². The number of carbonyl (C=O) groups is 3. The molecule has 0 radical (unpaired) electrons. The maximum absolute atomic E-state index is 13.8. The Bertz CT molecular complexity index is 1530. The normalized spacial score (nSPS) is 17.6. The highest BCUT2D eigenvalue weighted by Gasteiger charge is 2.67. The molecule has 3 amide bonds. The monoisotopic (exact) mass is 703 g/mol. The Balaban J connectivity index is 1.52. The fourth-order valence-electron chi connectivity index (χ4n) is 3.88. The molecule has 0 unspecified atom stereocenters. The molecule has 1 aliphatic carbocycles. The Hall–Kier alpha value is -1.68. The lowest BCUT2D eigenvalue weighted by Gasteiger charge is -2.16. The molecule has 3 aromatic rings. The zero-order valence-corrected chi connectivity index (χ0v) is 25.5. The number of hydrogen-bond acceptors (Lipinski definition) is 3. The van der Waals surface area contributed by atoms with E-state index in [1.165, 1.54) is 24.3 Å². The van der Waals surface area contributed by atoms with Gasteiger partial charge in [-0.3, -0.25) is 14.4 Å². The van der Waals surface area contributed by atoms with Crippen molar-refractivity contribution in [1.82, 2.24) is 0 Å². The summed E-state index contributed by atoms with van der Waals surface area (Å²) in [5, 5.41) is 8.08. The van der Waals surface area contributed by atoms with Crippen molar-refractivity contribution in [2.45, 2.75) is 14.0 Å². The molecule has 40 heavy (non-hydrogen) atoms. The number of amides is 3. The summed E-state index contributed by atoms with van der Waals surface area (Å²) in [6, 6.07) is 12.2. The first-order chi connectivity index (χ1) is 18.6. The Morgan fingerprint density at radius 3 is 2.10 bits per heavy atom. The zero-order chi connectivity index (χ0) is 29.6. The Labute approximate surface area is 267 Å². The minimum absolute atomic E-state index is 0.0176. The van der Waals surface area contributed by atoms with Crippen LogP contribution < -0.4 is 16.0 Å². The summed E-state index contributed by atoms with van der Waals surface area (Å²) in [6.45, 7) is 0. The summed E-state index contributed by atoms with van der Waals surface area (Å²) < 4.78 is 10.1. The molecule has 4 rings (SSSR count). The summed E-state index contributed by atoms with van der Waals surface area (Å²) in [6.07, 6.45) is 0. The van der Waals surface area contributed by atoms with Crippen LogP contribution in [0.1, 0.15) is 21.8 Å². The lowest BCUT2D eigenvalue weighted by molar-refractivity contribution is -0.117. The highest BCUT2D eigenvalue weighted by atomic mass is 35.6. The molecule has 0 heterocycles. The molecule has 1 fully saturated rings. The number of hydrogen-bond donors (Lipinski definition) is 3. The van der Waals surface area contributed by atoms with Gasteiger partial charge in [0.05, 0.1) is 37.9 Å². The van der Waals surface area contributed by atoms with E-state index in [1.807, 2.05) is 0 Å². The van der Waals surface area contributed by atoms with Gasteiger partial charge in [0.25, 0.3) is 15.6 Å². The minimum Gasteiger partial charge on any atom is -0.326 e. The standard InChI is InChI=1S/C25H14Cl8FN3O3/c26-14-5-3-12(35-22(39)20-19(24(20,29)30)10-1-4-15(27)16(28)7-10)9-13(14)21(38)36-17-6-2-11(34)8-18(17)37-23(40)25(31,32)33/h1-9,19-20H,(H,35,39)(H,36,38)(H,37,40)/t19-,20+/m0/s1. The third-order valence-corrected chi connectivity index (χ3v) is 8.38. The predicted octanol–water partition coefficient (Wildman–Crippen LogP) is 8.87. The number of halogens is 9. The first-order valence-electron chi connectivity index (χ1n) is 11.0. The van der Waals surface area contributed by atoms with Crippen LogP contribution in [0.5, 0.6) is 0 Å². The van der Waals surface area contributed by atoms with E-state index in [4.69, 9.17) is 92.8 Å². The molecule has 0 aliphatic heterocycles.